The third-order valence-electron chi connectivity index (χ3n) is 8.42. The van der Waals surface area contributed by atoms with Gasteiger partial charge in [0.2, 0.25) is 0 Å². The number of aliphatic hydroxyl groups is 1. The van der Waals surface area contributed by atoms with Crippen molar-refractivity contribution in [2.75, 3.05) is 47.5 Å². The smallest absolute Gasteiger partial charge is 0.462 e. The third-order valence-corrected chi connectivity index (χ3v) is 9.40. The molecule has 2 N–H and O–H groups in total. The Hall–Kier alpha value is -2.33. The van der Waals surface area contributed by atoms with Gasteiger partial charge in [-0.2, -0.15) is 0 Å². The van der Waals surface area contributed by atoms with Crippen molar-refractivity contribution in [1.82, 2.24) is 0 Å². The first-order chi connectivity index (χ1) is 25.9. The summed E-state index contributed by atoms with van der Waals surface area (Å²) in [5.74, 6) is -1.01. The average Bonchev–Trinajstić information content (AvgIpc) is 3.11. The number of nitrogens with zero attached hydrogens (tertiary/aromatic N) is 1. The van der Waals surface area contributed by atoms with Crippen LogP contribution >= 0.6 is 7.82 Å². The molecule has 0 saturated heterocycles. The van der Waals surface area contributed by atoms with Crippen LogP contribution in [-0.4, -0.2) is 86.1 Å². The monoisotopic (exact) mass is 783 g/mol. The molecular formula is C43H77NO9P+. The molecule has 3 atom stereocenters. The summed E-state index contributed by atoms with van der Waals surface area (Å²) in [4.78, 5) is 35.3. The van der Waals surface area contributed by atoms with E-state index < -0.39 is 38.6 Å². The van der Waals surface area contributed by atoms with Crippen molar-refractivity contribution < 1.29 is 47.2 Å². The summed E-state index contributed by atoms with van der Waals surface area (Å²) in [6.45, 7) is 4.05. The quantitative estimate of drug-likeness (QED) is 0.0159. The lowest BCUT2D eigenvalue weighted by molar-refractivity contribution is -0.870. The molecule has 0 radical (unpaired) electrons. The van der Waals surface area contributed by atoms with E-state index in [-0.39, 0.29) is 26.1 Å². The predicted molar refractivity (Wildman–Crippen MR) is 221 cm³/mol. The van der Waals surface area contributed by atoms with Gasteiger partial charge in [0.05, 0.1) is 33.9 Å². The first kappa shape index (κ1) is 51.7. The number of aliphatic hydroxyl groups excluding tert-OH is 1. The van der Waals surface area contributed by atoms with Crippen LogP contribution in [0.1, 0.15) is 142 Å². The molecule has 54 heavy (non-hydrogen) atoms. The number of phosphoric ester groups is 1. The van der Waals surface area contributed by atoms with Gasteiger partial charge in [0.25, 0.3) is 0 Å². The topological polar surface area (TPSA) is 129 Å². The number of hydrogen-bond donors (Lipinski definition) is 2. The van der Waals surface area contributed by atoms with E-state index in [1.165, 1.54) is 51.4 Å². The molecule has 0 bridgehead atoms. The standard InChI is InChI=1S/C43H76NO9P/c1-6-8-10-12-14-16-18-20-21-23-25-27-29-32-40(45)33-31-35-43(47)53-41(39-52-54(48,49)51-37-36-44(3,4)5)38-50-42(46)34-30-28-26-24-22-19-17-15-13-11-9-7-2/h8,10,14,16,20-21,25,27,29,32,40-41,45H,6-7,9,11-13,15,17-19,22-24,26,28,30-31,33-39H2,1-5H3/p+1/b10-8-,16-14-,21-20-,27-25-,32-29+/t40?,41-/m1/s1. The van der Waals surface area contributed by atoms with E-state index in [0.717, 1.165) is 44.9 Å². The Balaban J connectivity index is 4.63. The van der Waals surface area contributed by atoms with Crippen LogP contribution in [0, 0.1) is 0 Å². The molecule has 0 aliphatic carbocycles. The Morgan fingerprint density at radius 3 is 1.78 bits per heavy atom. The highest BCUT2D eigenvalue weighted by molar-refractivity contribution is 7.47. The van der Waals surface area contributed by atoms with Crippen molar-refractivity contribution >= 4 is 19.8 Å². The first-order valence-electron chi connectivity index (χ1n) is 20.6. The fourth-order valence-corrected chi connectivity index (χ4v) is 5.90. The van der Waals surface area contributed by atoms with Gasteiger partial charge in [-0.3, -0.25) is 18.6 Å². The minimum atomic E-state index is -4.43. The number of unbranched alkanes of at least 4 members (excludes halogenated alkanes) is 11. The molecule has 2 unspecified atom stereocenters. The fraction of sp³-hybridized carbons (Fsp3) is 0.721. The summed E-state index contributed by atoms with van der Waals surface area (Å²) in [6, 6.07) is 0. The number of carbonyl (C=O) groups excluding carboxylic acids is 2. The molecule has 11 heteroatoms. The van der Waals surface area contributed by atoms with E-state index in [4.69, 9.17) is 18.5 Å². The Labute approximate surface area is 329 Å². The lowest BCUT2D eigenvalue weighted by Crippen LogP contribution is -2.37. The van der Waals surface area contributed by atoms with E-state index in [2.05, 4.69) is 50.3 Å². The van der Waals surface area contributed by atoms with Gasteiger partial charge < -0.3 is 24.0 Å². The average molecular weight is 783 g/mol. The molecule has 0 spiro atoms. The van der Waals surface area contributed by atoms with E-state index in [9.17, 15) is 24.2 Å². The van der Waals surface area contributed by atoms with Crippen LogP contribution in [0.4, 0.5) is 0 Å². The highest BCUT2D eigenvalue weighted by Gasteiger charge is 2.27. The van der Waals surface area contributed by atoms with Gasteiger partial charge in [0, 0.05) is 12.8 Å². The van der Waals surface area contributed by atoms with Gasteiger partial charge in [-0.25, -0.2) is 4.57 Å². The molecule has 0 aliphatic rings. The van der Waals surface area contributed by atoms with E-state index in [1.54, 1.807) is 12.2 Å². The summed E-state index contributed by atoms with van der Waals surface area (Å²) in [5.41, 5.74) is 0. The van der Waals surface area contributed by atoms with Crippen LogP contribution in [0.15, 0.2) is 60.8 Å². The van der Waals surface area contributed by atoms with E-state index in [1.807, 2.05) is 33.3 Å². The zero-order valence-corrected chi connectivity index (χ0v) is 35.4. The Morgan fingerprint density at radius 2 is 1.20 bits per heavy atom. The minimum Gasteiger partial charge on any atom is -0.462 e. The molecule has 0 aliphatic heterocycles. The summed E-state index contributed by atoms with van der Waals surface area (Å²) < 4.78 is 34.0. The molecule has 312 valence electrons. The highest BCUT2D eigenvalue weighted by Crippen LogP contribution is 2.43. The van der Waals surface area contributed by atoms with Crippen molar-refractivity contribution in [3.63, 3.8) is 0 Å². The normalized spacial score (nSPS) is 14.9. The van der Waals surface area contributed by atoms with Gasteiger partial charge >= 0.3 is 19.8 Å². The summed E-state index contributed by atoms with van der Waals surface area (Å²) in [5, 5.41) is 10.3. The number of allylic oxidation sites excluding steroid dienone is 9. The largest absolute Gasteiger partial charge is 0.472 e. The number of quaternary nitrogens is 1. The Bertz CT molecular complexity index is 1130. The van der Waals surface area contributed by atoms with Gasteiger partial charge in [-0.15, -0.1) is 0 Å². The van der Waals surface area contributed by atoms with E-state index >= 15 is 0 Å². The molecule has 0 amide bonds. The lowest BCUT2D eigenvalue weighted by atomic mass is 10.0. The van der Waals surface area contributed by atoms with Gasteiger partial charge in [-0.05, 0) is 44.9 Å². The molecule has 0 heterocycles. The summed E-state index contributed by atoms with van der Waals surface area (Å²) in [6.07, 6.45) is 37.3. The van der Waals surface area contributed by atoms with Gasteiger partial charge in [0.1, 0.15) is 19.8 Å². The number of likely N-dealkylation sites (N-methyl/N-ethyl adjacent to an activating group) is 1. The highest BCUT2D eigenvalue weighted by atomic mass is 31.2. The van der Waals surface area contributed by atoms with Crippen LogP contribution in [-0.2, 0) is 32.7 Å². The lowest BCUT2D eigenvalue weighted by Gasteiger charge is -2.24. The minimum absolute atomic E-state index is 0.00514. The Kier molecular flexibility index (Phi) is 33.6. The molecule has 0 aromatic rings. The zero-order chi connectivity index (χ0) is 40.2. The van der Waals surface area contributed by atoms with E-state index in [0.29, 0.717) is 30.3 Å². The third kappa shape index (κ3) is 38.0. The number of esters is 2. The van der Waals surface area contributed by atoms with Crippen LogP contribution < -0.4 is 0 Å². The van der Waals surface area contributed by atoms with Crippen molar-refractivity contribution in [1.29, 1.82) is 0 Å². The molecule has 0 saturated carbocycles. The summed E-state index contributed by atoms with van der Waals surface area (Å²) >= 11 is 0. The molecular weight excluding hydrogens is 705 g/mol. The second-order valence-electron chi connectivity index (χ2n) is 14.8. The maximum absolute atomic E-state index is 12.7. The Morgan fingerprint density at radius 1 is 0.667 bits per heavy atom. The predicted octanol–water partition coefficient (Wildman–Crippen LogP) is 10.3. The van der Waals surface area contributed by atoms with Crippen molar-refractivity contribution in [2.45, 2.75) is 154 Å². The van der Waals surface area contributed by atoms with Crippen molar-refractivity contribution in [3.8, 4) is 0 Å². The fourth-order valence-electron chi connectivity index (χ4n) is 5.16. The molecule has 0 fully saturated rings. The maximum atomic E-state index is 12.7. The summed E-state index contributed by atoms with van der Waals surface area (Å²) in [7, 11) is 1.35. The number of carbonyl (C=O) groups is 2. The number of hydrogen-bond acceptors (Lipinski definition) is 8. The van der Waals surface area contributed by atoms with Crippen LogP contribution in [0.3, 0.4) is 0 Å². The van der Waals surface area contributed by atoms with Crippen LogP contribution in [0.2, 0.25) is 0 Å². The van der Waals surface area contributed by atoms with Gasteiger partial charge in [0.15, 0.2) is 6.10 Å². The number of ether oxygens (including phenoxy) is 2. The van der Waals surface area contributed by atoms with Crippen LogP contribution in [0.5, 0.6) is 0 Å². The molecule has 0 aromatic carbocycles. The first-order valence-corrected chi connectivity index (χ1v) is 22.1. The SMILES string of the molecule is CC/C=C\C/C=C\C/C=C\C/C=C\C=C\C(O)CCCC(=O)O[C@H](COC(=O)CCCCCCCCCCCCCC)COP(=O)(O)OCC[N+](C)(C)C. The van der Waals surface area contributed by atoms with Crippen molar-refractivity contribution in [3.05, 3.63) is 60.8 Å². The molecule has 10 nitrogen and oxygen atoms in total. The zero-order valence-electron chi connectivity index (χ0n) is 34.5. The number of phosphoric acid groups is 1. The van der Waals surface area contributed by atoms with Gasteiger partial charge in [-0.1, -0.05) is 145 Å². The maximum Gasteiger partial charge on any atom is 0.472 e. The van der Waals surface area contributed by atoms with Crippen molar-refractivity contribution in [2.24, 2.45) is 0 Å². The number of rotatable bonds is 36. The second kappa shape index (κ2) is 35.1. The second-order valence-corrected chi connectivity index (χ2v) is 16.3. The molecule has 0 aromatic heterocycles. The molecule has 0 rings (SSSR count). The van der Waals surface area contributed by atoms with Crippen LogP contribution in [0.25, 0.3) is 0 Å².